The molecule has 108 valence electrons. The predicted octanol–water partition coefficient (Wildman–Crippen LogP) is 3.44. The molecule has 4 heteroatoms. The Balaban J connectivity index is 1.94. The van der Waals surface area contributed by atoms with Crippen molar-refractivity contribution in [2.45, 2.75) is 37.9 Å². The summed E-state index contributed by atoms with van der Waals surface area (Å²) >= 11 is 0. The average molecular weight is 282 g/mol. The van der Waals surface area contributed by atoms with E-state index in [1.807, 2.05) is 24.3 Å². The van der Waals surface area contributed by atoms with Gasteiger partial charge in [-0.1, -0.05) is 12.1 Å². The molecule has 1 saturated carbocycles. The minimum absolute atomic E-state index is 0.0987. The van der Waals surface area contributed by atoms with Crippen molar-refractivity contribution in [1.29, 1.82) is 5.26 Å². The number of hydrogen-bond acceptors (Lipinski definition) is 4. The summed E-state index contributed by atoms with van der Waals surface area (Å²) in [6.07, 6.45) is 5.99. The highest BCUT2D eigenvalue weighted by Gasteiger charge is 2.24. The summed E-state index contributed by atoms with van der Waals surface area (Å²) in [6.45, 7) is 0. The quantitative estimate of drug-likeness (QED) is 0.865. The molecule has 1 fully saturated rings. The average Bonchev–Trinajstić information content (AvgIpc) is 2.55. The van der Waals surface area contributed by atoms with Gasteiger partial charge in [-0.2, -0.15) is 5.26 Å². The van der Waals surface area contributed by atoms with Gasteiger partial charge in [-0.25, -0.2) is 0 Å². The fraction of sp³-hybridized carbons (Fsp3) is 0.412. The predicted molar refractivity (Wildman–Crippen MR) is 80.1 cm³/mol. The number of hydrogen-bond donors (Lipinski definition) is 0. The number of benzene rings is 1. The molecule has 0 radical (unpaired) electrons. The Bertz CT molecular complexity index is 678. The number of fused-ring (bicyclic) bond motifs is 1. The number of rotatable bonds is 3. The van der Waals surface area contributed by atoms with Crippen molar-refractivity contribution in [2.75, 3.05) is 7.11 Å². The van der Waals surface area contributed by atoms with Gasteiger partial charge in [0.25, 0.3) is 0 Å². The molecule has 0 spiro atoms. The Labute approximate surface area is 124 Å². The van der Waals surface area contributed by atoms with Crippen molar-refractivity contribution in [3.63, 3.8) is 0 Å². The van der Waals surface area contributed by atoms with Gasteiger partial charge in [0.1, 0.15) is 23.5 Å². The van der Waals surface area contributed by atoms with Gasteiger partial charge in [-0.05, 0) is 31.4 Å². The molecule has 0 bridgehead atoms. The van der Waals surface area contributed by atoms with E-state index < -0.39 is 0 Å². The number of pyridine rings is 1. The van der Waals surface area contributed by atoms with Crippen LogP contribution in [-0.2, 0) is 4.74 Å². The lowest BCUT2D eigenvalue weighted by atomic mass is 9.94. The van der Waals surface area contributed by atoms with E-state index >= 15 is 0 Å². The summed E-state index contributed by atoms with van der Waals surface area (Å²) in [6, 6.07) is 9.95. The lowest BCUT2D eigenvalue weighted by Crippen LogP contribution is -2.29. The van der Waals surface area contributed by atoms with Gasteiger partial charge in [0.2, 0.25) is 0 Å². The molecular formula is C17H18N2O2. The second-order valence-electron chi connectivity index (χ2n) is 5.39. The maximum atomic E-state index is 9.31. The fourth-order valence-corrected chi connectivity index (χ4v) is 2.91. The van der Waals surface area contributed by atoms with E-state index in [0.29, 0.717) is 11.3 Å². The topological polar surface area (TPSA) is 55.1 Å². The van der Waals surface area contributed by atoms with Crippen molar-refractivity contribution in [2.24, 2.45) is 0 Å². The molecule has 0 aliphatic heterocycles. The highest BCUT2D eigenvalue weighted by Crippen LogP contribution is 2.32. The molecule has 1 aromatic carbocycles. The monoisotopic (exact) mass is 282 g/mol. The molecule has 1 heterocycles. The fourth-order valence-electron chi connectivity index (χ4n) is 2.91. The Kier molecular flexibility index (Phi) is 4.03. The molecule has 0 amide bonds. The number of ether oxygens (including phenoxy) is 2. The van der Waals surface area contributed by atoms with Crippen molar-refractivity contribution in [3.05, 3.63) is 36.0 Å². The number of para-hydroxylation sites is 1. The van der Waals surface area contributed by atoms with E-state index in [1.54, 1.807) is 13.3 Å². The Hall–Kier alpha value is -2.12. The summed E-state index contributed by atoms with van der Waals surface area (Å²) in [4.78, 5) is 4.31. The first-order valence-electron chi connectivity index (χ1n) is 7.29. The van der Waals surface area contributed by atoms with Crippen molar-refractivity contribution in [3.8, 4) is 11.8 Å². The molecule has 3 rings (SSSR count). The van der Waals surface area contributed by atoms with Crippen LogP contribution in [0.1, 0.15) is 31.2 Å². The van der Waals surface area contributed by atoms with Crippen LogP contribution >= 0.6 is 0 Å². The van der Waals surface area contributed by atoms with E-state index in [9.17, 15) is 5.26 Å². The maximum Gasteiger partial charge on any atom is 0.148 e. The second kappa shape index (κ2) is 6.11. The van der Waals surface area contributed by atoms with Crippen molar-refractivity contribution >= 4 is 10.9 Å². The second-order valence-corrected chi connectivity index (χ2v) is 5.39. The van der Waals surface area contributed by atoms with E-state index in [2.05, 4.69) is 11.1 Å². The molecule has 1 aliphatic rings. The summed E-state index contributed by atoms with van der Waals surface area (Å²) < 4.78 is 11.6. The van der Waals surface area contributed by atoms with Gasteiger partial charge in [0, 0.05) is 25.1 Å². The van der Waals surface area contributed by atoms with Gasteiger partial charge >= 0.3 is 0 Å². The normalized spacial score (nSPS) is 21.9. The molecule has 1 aliphatic carbocycles. The molecule has 21 heavy (non-hydrogen) atoms. The first kappa shape index (κ1) is 13.8. The van der Waals surface area contributed by atoms with Crippen LogP contribution in [0.4, 0.5) is 0 Å². The molecule has 0 saturated heterocycles. The molecule has 2 aromatic rings. The van der Waals surface area contributed by atoms with Crippen LogP contribution in [0.5, 0.6) is 5.75 Å². The lowest BCUT2D eigenvalue weighted by molar-refractivity contribution is 0.0213. The third-order valence-corrected chi connectivity index (χ3v) is 4.04. The Morgan fingerprint density at radius 2 is 2.05 bits per heavy atom. The number of nitrogens with zero attached hydrogens (tertiary/aromatic N) is 2. The summed E-state index contributed by atoms with van der Waals surface area (Å²) in [5, 5.41) is 10.2. The summed E-state index contributed by atoms with van der Waals surface area (Å²) in [7, 11) is 1.75. The van der Waals surface area contributed by atoms with E-state index in [1.165, 1.54) is 0 Å². The van der Waals surface area contributed by atoms with Crippen LogP contribution in [0.25, 0.3) is 10.9 Å². The van der Waals surface area contributed by atoms with Crippen LogP contribution in [-0.4, -0.2) is 24.3 Å². The summed E-state index contributed by atoms with van der Waals surface area (Å²) in [5.41, 5.74) is 1.35. The molecule has 2 atom stereocenters. The van der Waals surface area contributed by atoms with Crippen LogP contribution in [0.3, 0.4) is 0 Å². The van der Waals surface area contributed by atoms with E-state index in [0.717, 1.165) is 36.6 Å². The van der Waals surface area contributed by atoms with Crippen molar-refractivity contribution in [1.82, 2.24) is 4.98 Å². The highest BCUT2D eigenvalue weighted by atomic mass is 16.5. The zero-order chi connectivity index (χ0) is 14.7. The molecule has 2 unspecified atom stereocenters. The number of nitriles is 1. The van der Waals surface area contributed by atoms with Gasteiger partial charge in [-0.3, -0.25) is 4.98 Å². The maximum absolute atomic E-state index is 9.31. The SMILES string of the molecule is COC1CCCC(Oc2c(C#N)cnc3ccccc23)C1. The smallest absolute Gasteiger partial charge is 0.148 e. The lowest BCUT2D eigenvalue weighted by Gasteiger charge is -2.29. The summed E-state index contributed by atoms with van der Waals surface area (Å²) in [5.74, 6) is 0.657. The largest absolute Gasteiger partial charge is 0.488 e. The van der Waals surface area contributed by atoms with Crippen LogP contribution < -0.4 is 4.74 Å². The zero-order valence-electron chi connectivity index (χ0n) is 12.1. The highest BCUT2D eigenvalue weighted by molar-refractivity contribution is 5.87. The minimum Gasteiger partial charge on any atom is -0.488 e. The van der Waals surface area contributed by atoms with E-state index in [-0.39, 0.29) is 12.2 Å². The van der Waals surface area contributed by atoms with Crippen molar-refractivity contribution < 1.29 is 9.47 Å². The number of aromatic nitrogens is 1. The van der Waals surface area contributed by atoms with Crippen LogP contribution in [0.2, 0.25) is 0 Å². The first-order valence-corrected chi connectivity index (χ1v) is 7.29. The van der Waals surface area contributed by atoms with Gasteiger partial charge in [0.05, 0.1) is 11.6 Å². The molecule has 1 aromatic heterocycles. The van der Waals surface area contributed by atoms with E-state index in [4.69, 9.17) is 9.47 Å². The Morgan fingerprint density at radius 1 is 1.24 bits per heavy atom. The molecule has 0 N–H and O–H groups in total. The minimum atomic E-state index is 0.0987. The third kappa shape index (κ3) is 2.84. The van der Waals surface area contributed by atoms with Gasteiger partial charge < -0.3 is 9.47 Å². The van der Waals surface area contributed by atoms with Crippen LogP contribution in [0.15, 0.2) is 30.5 Å². The third-order valence-electron chi connectivity index (χ3n) is 4.04. The number of methoxy groups -OCH3 is 1. The zero-order valence-corrected chi connectivity index (χ0v) is 12.1. The molecule has 4 nitrogen and oxygen atoms in total. The first-order chi connectivity index (χ1) is 10.3. The standard InChI is InChI=1S/C17H18N2O2/c1-20-13-5-4-6-14(9-13)21-17-12(10-18)11-19-16-8-3-2-7-15(16)17/h2-3,7-8,11,13-14H,4-6,9H2,1H3. The Morgan fingerprint density at radius 3 is 2.86 bits per heavy atom. The van der Waals surface area contributed by atoms with Crippen LogP contribution in [0, 0.1) is 11.3 Å². The molecular weight excluding hydrogens is 264 g/mol. The van der Waals surface area contributed by atoms with Gasteiger partial charge in [0.15, 0.2) is 0 Å². The van der Waals surface area contributed by atoms with Gasteiger partial charge in [-0.15, -0.1) is 0 Å².